The number of carbonyl (C=O) groups excluding carboxylic acids is 1. The van der Waals surface area contributed by atoms with Crippen molar-refractivity contribution in [3.8, 4) is 0 Å². The van der Waals surface area contributed by atoms with E-state index in [0.29, 0.717) is 21.2 Å². The first-order chi connectivity index (χ1) is 8.18. The van der Waals surface area contributed by atoms with Crippen LogP contribution in [0.1, 0.15) is 15.9 Å². The molecule has 0 amide bonds. The predicted molar refractivity (Wildman–Crippen MR) is 68.7 cm³/mol. The van der Waals surface area contributed by atoms with Crippen LogP contribution in [0.3, 0.4) is 0 Å². The molecule has 0 aliphatic heterocycles. The lowest BCUT2D eigenvalue weighted by atomic mass is 10.0. The molecule has 0 unspecified atom stereocenters. The molecule has 2 nitrogen and oxygen atoms in total. The van der Waals surface area contributed by atoms with E-state index in [2.05, 4.69) is 4.98 Å². The molecule has 1 aromatic heterocycles. The minimum absolute atomic E-state index is 0.0256. The molecule has 1 aromatic carbocycles. The molecule has 0 saturated heterocycles. The summed E-state index contributed by atoms with van der Waals surface area (Å²) in [5.74, 6) is -0.0256. The van der Waals surface area contributed by atoms with Gasteiger partial charge in [-0.1, -0.05) is 29.3 Å². The molecule has 0 atom stereocenters. The second-order valence-corrected chi connectivity index (χ2v) is 4.35. The Morgan fingerprint density at radius 2 is 1.65 bits per heavy atom. The topological polar surface area (TPSA) is 30.0 Å². The molecule has 0 N–H and O–H groups in total. The van der Waals surface area contributed by atoms with Gasteiger partial charge in [0.05, 0.1) is 0 Å². The van der Waals surface area contributed by atoms with Gasteiger partial charge in [0.25, 0.3) is 0 Å². The first kappa shape index (κ1) is 12.1. The van der Waals surface area contributed by atoms with Crippen LogP contribution in [0.2, 0.25) is 10.0 Å². The molecule has 0 bridgehead atoms. The number of carbonyl (C=O) groups is 1. The van der Waals surface area contributed by atoms with E-state index < -0.39 is 0 Å². The summed E-state index contributed by atoms with van der Waals surface area (Å²) in [5.41, 5.74) is 1.27. The Morgan fingerprint density at radius 1 is 1.06 bits per heavy atom. The number of halogens is 2. The number of ketones is 1. The highest BCUT2D eigenvalue weighted by Gasteiger charge is 2.12. The van der Waals surface area contributed by atoms with Crippen LogP contribution < -0.4 is 0 Å². The van der Waals surface area contributed by atoms with E-state index in [-0.39, 0.29) is 12.2 Å². The SMILES string of the molecule is O=C(Cc1c(Cl)cccc1Cl)c1ccncc1. The summed E-state index contributed by atoms with van der Waals surface area (Å²) >= 11 is 12.0. The summed E-state index contributed by atoms with van der Waals surface area (Å²) in [6.45, 7) is 0. The van der Waals surface area contributed by atoms with Crippen molar-refractivity contribution in [3.63, 3.8) is 0 Å². The van der Waals surface area contributed by atoms with Gasteiger partial charge in [0.1, 0.15) is 0 Å². The van der Waals surface area contributed by atoms with Crippen molar-refractivity contribution in [2.75, 3.05) is 0 Å². The van der Waals surface area contributed by atoms with Gasteiger partial charge < -0.3 is 0 Å². The second-order valence-electron chi connectivity index (χ2n) is 3.54. The summed E-state index contributed by atoms with van der Waals surface area (Å²) in [6.07, 6.45) is 3.37. The minimum atomic E-state index is -0.0256. The number of benzene rings is 1. The molecule has 0 aliphatic rings. The van der Waals surface area contributed by atoms with Gasteiger partial charge in [-0.05, 0) is 29.8 Å². The van der Waals surface area contributed by atoms with Crippen molar-refractivity contribution in [3.05, 3.63) is 63.9 Å². The average Bonchev–Trinajstić information content (AvgIpc) is 2.35. The monoisotopic (exact) mass is 265 g/mol. The van der Waals surface area contributed by atoms with Crippen LogP contribution in [0.15, 0.2) is 42.7 Å². The molecule has 2 rings (SSSR count). The second kappa shape index (κ2) is 5.30. The van der Waals surface area contributed by atoms with Crippen LogP contribution >= 0.6 is 23.2 Å². The van der Waals surface area contributed by atoms with Crippen molar-refractivity contribution in [1.82, 2.24) is 4.98 Å². The molecule has 0 saturated carbocycles. The Balaban J connectivity index is 2.25. The van der Waals surface area contributed by atoms with Gasteiger partial charge in [0, 0.05) is 34.4 Å². The number of hydrogen-bond acceptors (Lipinski definition) is 2. The number of rotatable bonds is 3. The number of aromatic nitrogens is 1. The predicted octanol–water partition coefficient (Wildman–Crippen LogP) is 3.81. The third kappa shape index (κ3) is 2.84. The van der Waals surface area contributed by atoms with E-state index in [9.17, 15) is 4.79 Å². The molecular weight excluding hydrogens is 257 g/mol. The van der Waals surface area contributed by atoms with Crippen LogP contribution in [0.4, 0.5) is 0 Å². The average molecular weight is 266 g/mol. The van der Waals surface area contributed by atoms with Crippen LogP contribution in [-0.2, 0) is 6.42 Å². The molecule has 0 aliphatic carbocycles. The fraction of sp³-hybridized carbons (Fsp3) is 0.0769. The largest absolute Gasteiger partial charge is 0.294 e. The van der Waals surface area contributed by atoms with Gasteiger partial charge >= 0.3 is 0 Å². The lowest BCUT2D eigenvalue weighted by molar-refractivity contribution is 0.0993. The summed E-state index contributed by atoms with van der Waals surface area (Å²) in [4.78, 5) is 15.8. The molecule has 0 spiro atoms. The molecule has 0 fully saturated rings. The zero-order valence-corrected chi connectivity index (χ0v) is 10.4. The molecular formula is C13H9Cl2NO. The molecule has 86 valence electrons. The third-order valence-electron chi connectivity index (χ3n) is 2.40. The van der Waals surface area contributed by atoms with E-state index in [0.717, 1.165) is 0 Å². The molecule has 1 heterocycles. The Labute approximate surface area is 109 Å². The molecule has 17 heavy (non-hydrogen) atoms. The lowest BCUT2D eigenvalue weighted by Crippen LogP contribution is -2.04. The zero-order valence-electron chi connectivity index (χ0n) is 8.86. The quantitative estimate of drug-likeness (QED) is 0.790. The number of nitrogens with zero attached hydrogens (tertiary/aromatic N) is 1. The van der Waals surface area contributed by atoms with E-state index in [1.54, 1.807) is 42.7 Å². The number of Topliss-reactive ketones (excluding diaryl/α,β-unsaturated/α-hetero) is 1. The van der Waals surface area contributed by atoms with Crippen molar-refractivity contribution >= 4 is 29.0 Å². The van der Waals surface area contributed by atoms with Gasteiger partial charge in [-0.3, -0.25) is 9.78 Å². The number of hydrogen-bond donors (Lipinski definition) is 0. The first-order valence-electron chi connectivity index (χ1n) is 5.04. The normalized spacial score (nSPS) is 10.2. The number of pyridine rings is 1. The fourth-order valence-electron chi connectivity index (χ4n) is 1.50. The summed E-state index contributed by atoms with van der Waals surface area (Å²) in [6, 6.07) is 8.55. The molecule has 2 aromatic rings. The minimum Gasteiger partial charge on any atom is -0.294 e. The smallest absolute Gasteiger partial charge is 0.167 e. The molecule has 0 radical (unpaired) electrons. The van der Waals surface area contributed by atoms with Crippen molar-refractivity contribution in [2.45, 2.75) is 6.42 Å². The standard InChI is InChI=1S/C13H9Cl2NO/c14-11-2-1-3-12(15)10(11)8-13(17)9-4-6-16-7-5-9/h1-7H,8H2. The van der Waals surface area contributed by atoms with Crippen LogP contribution in [0.5, 0.6) is 0 Å². The van der Waals surface area contributed by atoms with Gasteiger partial charge in [-0.2, -0.15) is 0 Å². The summed E-state index contributed by atoms with van der Waals surface area (Å²) in [5, 5.41) is 1.03. The van der Waals surface area contributed by atoms with E-state index >= 15 is 0 Å². The van der Waals surface area contributed by atoms with Crippen molar-refractivity contribution in [1.29, 1.82) is 0 Å². The van der Waals surface area contributed by atoms with Crippen LogP contribution in [0, 0.1) is 0 Å². The summed E-state index contributed by atoms with van der Waals surface area (Å²) < 4.78 is 0. The van der Waals surface area contributed by atoms with Crippen molar-refractivity contribution < 1.29 is 4.79 Å². The highest BCUT2D eigenvalue weighted by Crippen LogP contribution is 2.25. The highest BCUT2D eigenvalue weighted by atomic mass is 35.5. The molecule has 4 heteroatoms. The maximum atomic E-state index is 12.0. The maximum absolute atomic E-state index is 12.0. The van der Waals surface area contributed by atoms with Gasteiger partial charge in [-0.25, -0.2) is 0 Å². The van der Waals surface area contributed by atoms with Gasteiger partial charge in [0.15, 0.2) is 5.78 Å². The Morgan fingerprint density at radius 3 is 2.24 bits per heavy atom. The Kier molecular flexibility index (Phi) is 3.77. The van der Waals surface area contributed by atoms with Gasteiger partial charge in [0.2, 0.25) is 0 Å². The van der Waals surface area contributed by atoms with E-state index in [1.165, 1.54) is 0 Å². The Hall–Kier alpha value is -1.38. The third-order valence-corrected chi connectivity index (χ3v) is 3.11. The highest BCUT2D eigenvalue weighted by molar-refractivity contribution is 6.36. The summed E-state index contributed by atoms with van der Waals surface area (Å²) in [7, 11) is 0. The van der Waals surface area contributed by atoms with E-state index in [1.807, 2.05) is 0 Å². The fourth-order valence-corrected chi connectivity index (χ4v) is 2.03. The van der Waals surface area contributed by atoms with Crippen LogP contribution in [-0.4, -0.2) is 10.8 Å². The maximum Gasteiger partial charge on any atom is 0.167 e. The zero-order chi connectivity index (χ0) is 12.3. The lowest BCUT2D eigenvalue weighted by Gasteiger charge is -2.05. The van der Waals surface area contributed by atoms with E-state index in [4.69, 9.17) is 23.2 Å². The first-order valence-corrected chi connectivity index (χ1v) is 5.80. The van der Waals surface area contributed by atoms with Crippen molar-refractivity contribution in [2.24, 2.45) is 0 Å². The van der Waals surface area contributed by atoms with Gasteiger partial charge in [-0.15, -0.1) is 0 Å². The Bertz CT molecular complexity index is 520. The van der Waals surface area contributed by atoms with Crippen LogP contribution in [0.25, 0.3) is 0 Å².